The molecule has 1 aromatic heterocycles. The zero-order chi connectivity index (χ0) is 15.0. The van der Waals surface area contributed by atoms with Crippen LogP contribution in [0.15, 0.2) is 6.33 Å². The molecule has 110 valence electrons. The molecule has 6 N–H and O–H groups in total. The third-order valence-corrected chi connectivity index (χ3v) is 3.02. The molecule has 0 saturated carbocycles. The first-order valence-electron chi connectivity index (χ1n) is 5.60. The quantitative estimate of drug-likeness (QED) is 0.398. The van der Waals surface area contributed by atoms with Crippen molar-refractivity contribution in [3.8, 4) is 0 Å². The fraction of sp³-hybridized carbons (Fsp3) is 0.500. The van der Waals surface area contributed by atoms with Gasteiger partial charge >= 0.3 is 5.97 Å². The van der Waals surface area contributed by atoms with E-state index in [4.69, 9.17) is 20.7 Å². The predicted octanol–water partition coefficient (Wildman–Crippen LogP) is -2.71. The van der Waals surface area contributed by atoms with Crippen molar-refractivity contribution < 1.29 is 34.8 Å². The molecule has 20 heavy (non-hydrogen) atoms. The van der Waals surface area contributed by atoms with Crippen LogP contribution < -0.4 is 5.73 Å². The highest BCUT2D eigenvalue weighted by molar-refractivity contribution is 6.01. The number of carbonyl (C=O) groups excluding carboxylic acids is 1. The van der Waals surface area contributed by atoms with Crippen LogP contribution in [0, 0.1) is 0 Å². The minimum Gasteiger partial charge on any atom is -0.476 e. The number of hydrogen-bond donors (Lipinski definition) is 5. The highest BCUT2D eigenvalue weighted by Gasteiger charge is 2.45. The van der Waals surface area contributed by atoms with E-state index in [1.807, 2.05) is 0 Å². The summed E-state index contributed by atoms with van der Waals surface area (Å²) in [6.45, 7) is -0.561. The lowest BCUT2D eigenvalue weighted by atomic mass is 10.1. The molecule has 0 bridgehead atoms. The summed E-state index contributed by atoms with van der Waals surface area (Å²) in [6.07, 6.45) is -4.29. The van der Waals surface area contributed by atoms with Crippen LogP contribution in [0.1, 0.15) is 27.2 Å². The van der Waals surface area contributed by atoms with Crippen molar-refractivity contribution in [3.05, 3.63) is 17.7 Å². The molecule has 1 aromatic rings. The average molecular weight is 287 g/mol. The maximum atomic E-state index is 11.2. The summed E-state index contributed by atoms with van der Waals surface area (Å²) < 4.78 is 6.04. The number of hydrogen-bond acceptors (Lipinski definition) is 7. The van der Waals surface area contributed by atoms with Gasteiger partial charge in [0.25, 0.3) is 5.91 Å². The molecule has 2 rings (SSSR count). The Morgan fingerprint density at radius 2 is 2.05 bits per heavy atom. The largest absolute Gasteiger partial charge is 0.476 e. The number of nitrogens with two attached hydrogens (primary N) is 1. The summed E-state index contributed by atoms with van der Waals surface area (Å²) in [7, 11) is 0. The highest BCUT2D eigenvalue weighted by Crippen LogP contribution is 2.30. The van der Waals surface area contributed by atoms with Crippen molar-refractivity contribution in [1.29, 1.82) is 0 Å². The number of aliphatic hydroxyl groups excluding tert-OH is 3. The van der Waals surface area contributed by atoms with Gasteiger partial charge in [-0.05, 0) is 0 Å². The van der Waals surface area contributed by atoms with Crippen molar-refractivity contribution in [2.75, 3.05) is 6.61 Å². The van der Waals surface area contributed by atoms with Gasteiger partial charge in [-0.15, -0.1) is 0 Å². The van der Waals surface area contributed by atoms with Crippen molar-refractivity contribution >= 4 is 11.9 Å². The Kier molecular flexibility index (Phi) is 3.72. The van der Waals surface area contributed by atoms with Gasteiger partial charge in [-0.25, -0.2) is 9.78 Å². The molecule has 0 radical (unpaired) electrons. The molecule has 1 amide bonds. The second kappa shape index (κ2) is 5.17. The molecule has 10 heteroatoms. The number of carboxylic acids is 1. The van der Waals surface area contributed by atoms with E-state index in [9.17, 15) is 19.8 Å². The van der Waals surface area contributed by atoms with Crippen LogP contribution in [0.25, 0.3) is 0 Å². The maximum Gasteiger partial charge on any atom is 0.355 e. The Balaban J connectivity index is 2.44. The molecular weight excluding hydrogens is 274 g/mol. The standard InChI is InChI=1S/C10H13N3O7/c11-8(17)4-5(10(18)19)13(2-12-4)9-7(16)6(15)3(1-14)20-9/h2-3,6-7,9,14-16H,1H2,(H2,11,17)(H,18,19)/t3-,6-,7-,9-/m1/s1. The summed E-state index contributed by atoms with van der Waals surface area (Å²) in [5.74, 6) is -2.54. The van der Waals surface area contributed by atoms with Crippen LogP contribution >= 0.6 is 0 Å². The van der Waals surface area contributed by atoms with Gasteiger partial charge in [0.2, 0.25) is 0 Å². The van der Waals surface area contributed by atoms with Crippen LogP contribution in [0.2, 0.25) is 0 Å². The first-order chi connectivity index (χ1) is 9.38. The van der Waals surface area contributed by atoms with E-state index in [1.54, 1.807) is 0 Å². The number of carboxylic acid groups (broad SMARTS) is 1. The summed E-state index contributed by atoms with van der Waals surface area (Å²) in [6, 6.07) is 0. The number of ether oxygens (including phenoxy) is 1. The number of aliphatic hydroxyl groups is 3. The normalized spacial score (nSPS) is 29.6. The number of carbonyl (C=O) groups is 2. The van der Waals surface area contributed by atoms with Gasteiger partial charge in [0, 0.05) is 0 Å². The van der Waals surface area contributed by atoms with Gasteiger partial charge in [0.05, 0.1) is 12.9 Å². The van der Waals surface area contributed by atoms with Crippen LogP contribution in [-0.2, 0) is 4.74 Å². The number of imidazole rings is 1. The molecule has 1 aliphatic heterocycles. The molecule has 1 saturated heterocycles. The molecule has 0 aromatic carbocycles. The van der Waals surface area contributed by atoms with Crippen molar-refractivity contribution in [2.24, 2.45) is 5.73 Å². The van der Waals surface area contributed by atoms with E-state index in [0.29, 0.717) is 0 Å². The number of aromatic nitrogens is 2. The molecule has 0 spiro atoms. The molecular formula is C10H13N3O7. The second-order valence-electron chi connectivity index (χ2n) is 4.25. The topological polar surface area (TPSA) is 168 Å². The van der Waals surface area contributed by atoms with E-state index < -0.39 is 54.4 Å². The Bertz CT molecular complexity index is 543. The minimum atomic E-state index is -1.49. The molecule has 10 nitrogen and oxygen atoms in total. The molecule has 0 aliphatic carbocycles. The second-order valence-corrected chi connectivity index (χ2v) is 4.25. The number of aromatic carboxylic acids is 1. The molecule has 4 atom stereocenters. The molecule has 0 unspecified atom stereocenters. The summed E-state index contributed by atoms with van der Waals surface area (Å²) in [4.78, 5) is 25.9. The highest BCUT2D eigenvalue weighted by atomic mass is 16.6. The Morgan fingerprint density at radius 1 is 1.40 bits per heavy atom. The fourth-order valence-corrected chi connectivity index (χ4v) is 2.06. The molecule has 1 fully saturated rings. The van der Waals surface area contributed by atoms with Crippen molar-refractivity contribution in [3.63, 3.8) is 0 Å². The summed E-state index contributed by atoms with van der Waals surface area (Å²) >= 11 is 0. The van der Waals surface area contributed by atoms with Gasteiger partial charge in [-0.2, -0.15) is 0 Å². The average Bonchev–Trinajstić information content (AvgIpc) is 2.93. The third-order valence-electron chi connectivity index (χ3n) is 3.02. The number of amides is 1. The Labute approximate surface area is 112 Å². The lowest BCUT2D eigenvalue weighted by molar-refractivity contribution is -0.0539. The van der Waals surface area contributed by atoms with Crippen LogP contribution in [0.3, 0.4) is 0 Å². The van der Waals surface area contributed by atoms with Crippen LogP contribution in [0.4, 0.5) is 0 Å². The predicted molar refractivity (Wildman–Crippen MR) is 60.7 cm³/mol. The van der Waals surface area contributed by atoms with Crippen LogP contribution in [0.5, 0.6) is 0 Å². The fourth-order valence-electron chi connectivity index (χ4n) is 2.06. The van der Waals surface area contributed by atoms with E-state index in [1.165, 1.54) is 0 Å². The lowest BCUT2D eigenvalue weighted by Gasteiger charge is -2.17. The minimum absolute atomic E-state index is 0.491. The van der Waals surface area contributed by atoms with Gasteiger partial charge in [-0.1, -0.05) is 0 Å². The first kappa shape index (κ1) is 14.4. The van der Waals surface area contributed by atoms with Gasteiger partial charge in [0.15, 0.2) is 17.6 Å². The molecule has 2 heterocycles. The number of nitrogens with zero attached hydrogens (tertiary/aromatic N) is 2. The van der Waals surface area contributed by atoms with Crippen molar-refractivity contribution in [1.82, 2.24) is 9.55 Å². The zero-order valence-electron chi connectivity index (χ0n) is 10.1. The monoisotopic (exact) mass is 287 g/mol. The van der Waals surface area contributed by atoms with Gasteiger partial charge in [-0.3, -0.25) is 9.36 Å². The molecule has 1 aliphatic rings. The SMILES string of the molecule is NC(=O)c1ncn([C@@H]2O[C@H](CO)[C@@H](O)[C@H]2O)c1C(=O)O. The third kappa shape index (κ3) is 2.14. The first-order valence-corrected chi connectivity index (χ1v) is 5.60. The Hall–Kier alpha value is -2.01. The van der Waals surface area contributed by atoms with Crippen LogP contribution in [-0.4, -0.2) is 66.8 Å². The summed E-state index contributed by atoms with van der Waals surface area (Å²) in [5, 5.41) is 37.5. The zero-order valence-corrected chi connectivity index (χ0v) is 10.1. The maximum absolute atomic E-state index is 11.2. The van der Waals surface area contributed by atoms with E-state index in [-0.39, 0.29) is 0 Å². The number of rotatable bonds is 4. The van der Waals surface area contributed by atoms with E-state index in [0.717, 1.165) is 10.9 Å². The van der Waals surface area contributed by atoms with Gasteiger partial charge in [0.1, 0.15) is 18.3 Å². The van der Waals surface area contributed by atoms with Crippen molar-refractivity contribution in [2.45, 2.75) is 24.5 Å². The lowest BCUT2D eigenvalue weighted by Crippen LogP contribution is -2.33. The van der Waals surface area contributed by atoms with E-state index in [2.05, 4.69) is 4.98 Å². The summed E-state index contributed by atoms with van der Waals surface area (Å²) in [5.41, 5.74) is 3.96. The van der Waals surface area contributed by atoms with Gasteiger partial charge < -0.3 is 30.9 Å². The smallest absolute Gasteiger partial charge is 0.355 e. The Morgan fingerprint density at radius 3 is 2.50 bits per heavy atom. The van der Waals surface area contributed by atoms with E-state index >= 15 is 0 Å². The number of primary amides is 1.